The molecule has 0 aromatic carbocycles. The molecule has 5 nitrogen and oxygen atoms in total. The minimum Gasteiger partial charge on any atom is -0.353 e. The standard InChI is InChI=1S/C16H29N3O2/c1-12(2)16(21)18-14-5-8-19(9-6-14)15(20)10-13-4-3-7-17-11-13/h12-14,17H,3-11H2,1-2H3,(H,18,21). The predicted octanol–water partition coefficient (Wildman–Crippen LogP) is 1.14. The zero-order chi connectivity index (χ0) is 15.2. The van der Waals surface area contributed by atoms with E-state index in [2.05, 4.69) is 10.6 Å². The third kappa shape index (κ3) is 4.99. The second-order valence-electron chi connectivity index (χ2n) is 6.73. The van der Waals surface area contributed by atoms with Crippen LogP contribution in [0, 0.1) is 11.8 Å². The number of nitrogens with zero attached hydrogens (tertiary/aromatic N) is 1. The molecule has 2 N–H and O–H groups in total. The van der Waals surface area contributed by atoms with Crippen LogP contribution in [0.4, 0.5) is 0 Å². The van der Waals surface area contributed by atoms with Crippen LogP contribution in [0.15, 0.2) is 0 Å². The molecular formula is C16H29N3O2. The van der Waals surface area contributed by atoms with Crippen LogP contribution in [0.5, 0.6) is 0 Å². The second kappa shape index (κ2) is 7.78. The van der Waals surface area contributed by atoms with Gasteiger partial charge in [-0.25, -0.2) is 0 Å². The van der Waals surface area contributed by atoms with Crippen molar-refractivity contribution in [3.63, 3.8) is 0 Å². The van der Waals surface area contributed by atoms with Gasteiger partial charge in [-0.3, -0.25) is 9.59 Å². The average molecular weight is 295 g/mol. The van der Waals surface area contributed by atoms with Crippen LogP contribution in [0.1, 0.15) is 46.0 Å². The molecule has 1 atom stereocenters. The van der Waals surface area contributed by atoms with Crippen LogP contribution in [-0.4, -0.2) is 48.9 Å². The molecule has 21 heavy (non-hydrogen) atoms. The fourth-order valence-corrected chi connectivity index (χ4v) is 3.12. The smallest absolute Gasteiger partial charge is 0.222 e. The summed E-state index contributed by atoms with van der Waals surface area (Å²) in [5.74, 6) is 0.943. The Balaban J connectivity index is 1.70. The lowest BCUT2D eigenvalue weighted by atomic mass is 9.95. The molecular weight excluding hydrogens is 266 g/mol. The molecule has 2 amide bonds. The summed E-state index contributed by atoms with van der Waals surface area (Å²) in [5, 5.41) is 6.44. The van der Waals surface area contributed by atoms with E-state index in [-0.39, 0.29) is 23.8 Å². The van der Waals surface area contributed by atoms with Crippen LogP contribution in [0.2, 0.25) is 0 Å². The highest BCUT2D eigenvalue weighted by Gasteiger charge is 2.26. The Morgan fingerprint density at radius 3 is 2.52 bits per heavy atom. The summed E-state index contributed by atoms with van der Waals surface area (Å²) in [4.78, 5) is 26.0. The number of hydrogen-bond acceptors (Lipinski definition) is 3. The molecule has 120 valence electrons. The third-order valence-electron chi connectivity index (χ3n) is 4.58. The van der Waals surface area contributed by atoms with Crippen LogP contribution in [0.25, 0.3) is 0 Å². The van der Waals surface area contributed by atoms with Gasteiger partial charge in [-0.15, -0.1) is 0 Å². The Bertz CT molecular complexity index is 357. The van der Waals surface area contributed by atoms with Crippen LogP contribution < -0.4 is 10.6 Å². The van der Waals surface area contributed by atoms with E-state index in [4.69, 9.17) is 0 Å². The van der Waals surface area contributed by atoms with E-state index in [0.29, 0.717) is 12.3 Å². The van der Waals surface area contributed by atoms with Crippen molar-refractivity contribution in [2.45, 2.75) is 52.0 Å². The molecule has 1 unspecified atom stereocenters. The molecule has 0 radical (unpaired) electrons. The van der Waals surface area contributed by atoms with Gasteiger partial charge in [0.15, 0.2) is 0 Å². The number of rotatable bonds is 4. The molecule has 0 spiro atoms. The first-order valence-corrected chi connectivity index (χ1v) is 8.35. The van der Waals surface area contributed by atoms with Crippen molar-refractivity contribution >= 4 is 11.8 Å². The number of piperidine rings is 2. The van der Waals surface area contributed by atoms with Gasteiger partial charge < -0.3 is 15.5 Å². The minimum atomic E-state index is 0.0310. The van der Waals surface area contributed by atoms with Gasteiger partial charge in [0.25, 0.3) is 0 Å². The minimum absolute atomic E-state index is 0.0310. The van der Waals surface area contributed by atoms with E-state index in [1.807, 2.05) is 18.7 Å². The lowest BCUT2D eigenvalue weighted by Crippen LogP contribution is -2.48. The predicted molar refractivity (Wildman–Crippen MR) is 82.8 cm³/mol. The Morgan fingerprint density at radius 1 is 1.24 bits per heavy atom. The molecule has 2 rings (SSSR count). The first-order chi connectivity index (χ1) is 10.1. The van der Waals surface area contributed by atoms with Crippen molar-refractivity contribution in [2.24, 2.45) is 11.8 Å². The summed E-state index contributed by atoms with van der Waals surface area (Å²) in [6.07, 6.45) is 4.79. The van der Waals surface area contributed by atoms with Gasteiger partial charge in [0.1, 0.15) is 0 Å². The maximum absolute atomic E-state index is 12.3. The van der Waals surface area contributed by atoms with Gasteiger partial charge in [0.05, 0.1) is 0 Å². The molecule has 0 bridgehead atoms. The Kier molecular flexibility index (Phi) is 6.03. The summed E-state index contributed by atoms with van der Waals surface area (Å²) in [5.41, 5.74) is 0. The summed E-state index contributed by atoms with van der Waals surface area (Å²) in [6.45, 7) is 7.45. The first-order valence-electron chi connectivity index (χ1n) is 8.35. The Morgan fingerprint density at radius 2 is 1.95 bits per heavy atom. The van der Waals surface area contributed by atoms with E-state index in [1.165, 1.54) is 12.8 Å². The van der Waals surface area contributed by atoms with Crippen molar-refractivity contribution in [1.29, 1.82) is 0 Å². The van der Waals surface area contributed by atoms with Crippen molar-refractivity contribution in [1.82, 2.24) is 15.5 Å². The zero-order valence-corrected chi connectivity index (χ0v) is 13.4. The largest absolute Gasteiger partial charge is 0.353 e. The summed E-state index contributed by atoms with van der Waals surface area (Å²) in [7, 11) is 0. The van der Waals surface area contributed by atoms with E-state index < -0.39 is 0 Å². The van der Waals surface area contributed by atoms with Gasteiger partial charge >= 0.3 is 0 Å². The lowest BCUT2D eigenvalue weighted by Gasteiger charge is -2.34. The highest BCUT2D eigenvalue weighted by Crippen LogP contribution is 2.18. The molecule has 0 aliphatic carbocycles. The average Bonchev–Trinajstić information content (AvgIpc) is 2.48. The molecule has 2 heterocycles. The number of hydrogen-bond donors (Lipinski definition) is 2. The van der Waals surface area contributed by atoms with Gasteiger partial charge in [-0.2, -0.15) is 0 Å². The van der Waals surface area contributed by atoms with E-state index in [0.717, 1.165) is 39.0 Å². The van der Waals surface area contributed by atoms with Crippen LogP contribution >= 0.6 is 0 Å². The number of nitrogens with one attached hydrogen (secondary N) is 2. The molecule has 5 heteroatoms. The number of carbonyl (C=O) groups is 2. The lowest BCUT2D eigenvalue weighted by molar-refractivity contribution is -0.133. The Labute approximate surface area is 127 Å². The monoisotopic (exact) mass is 295 g/mol. The summed E-state index contributed by atoms with van der Waals surface area (Å²) < 4.78 is 0. The van der Waals surface area contributed by atoms with Crippen molar-refractivity contribution < 1.29 is 9.59 Å². The molecule has 2 aliphatic rings. The van der Waals surface area contributed by atoms with Crippen molar-refractivity contribution in [2.75, 3.05) is 26.2 Å². The highest BCUT2D eigenvalue weighted by molar-refractivity contribution is 5.78. The quantitative estimate of drug-likeness (QED) is 0.817. The highest BCUT2D eigenvalue weighted by atomic mass is 16.2. The topological polar surface area (TPSA) is 61.4 Å². The maximum atomic E-state index is 12.3. The van der Waals surface area contributed by atoms with Gasteiger partial charge in [0, 0.05) is 31.5 Å². The zero-order valence-electron chi connectivity index (χ0n) is 13.4. The van der Waals surface area contributed by atoms with Crippen LogP contribution in [0.3, 0.4) is 0 Å². The third-order valence-corrected chi connectivity index (χ3v) is 4.58. The fourth-order valence-electron chi connectivity index (χ4n) is 3.12. The van der Waals surface area contributed by atoms with Gasteiger partial charge in [-0.05, 0) is 44.7 Å². The van der Waals surface area contributed by atoms with Gasteiger partial charge in [-0.1, -0.05) is 13.8 Å². The molecule has 0 aromatic rings. The maximum Gasteiger partial charge on any atom is 0.222 e. The molecule has 2 aliphatic heterocycles. The first kappa shape index (κ1) is 16.3. The van der Waals surface area contributed by atoms with Gasteiger partial charge in [0.2, 0.25) is 11.8 Å². The SMILES string of the molecule is CC(C)C(=O)NC1CCN(C(=O)CC2CCCNC2)CC1. The summed E-state index contributed by atoms with van der Waals surface area (Å²) in [6, 6.07) is 0.236. The van der Waals surface area contributed by atoms with E-state index in [1.54, 1.807) is 0 Å². The van der Waals surface area contributed by atoms with Crippen molar-refractivity contribution in [3.05, 3.63) is 0 Å². The van der Waals surface area contributed by atoms with Crippen molar-refractivity contribution in [3.8, 4) is 0 Å². The van der Waals surface area contributed by atoms with E-state index in [9.17, 15) is 9.59 Å². The normalized spacial score (nSPS) is 24.1. The molecule has 0 aromatic heterocycles. The Hall–Kier alpha value is -1.10. The fraction of sp³-hybridized carbons (Fsp3) is 0.875. The number of amides is 2. The molecule has 0 saturated carbocycles. The van der Waals surface area contributed by atoms with E-state index >= 15 is 0 Å². The number of likely N-dealkylation sites (tertiary alicyclic amines) is 1. The molecule has 2 fully saturated rings. The van der Waals surface area contributed by atoms with Crippen LogP contribution in [-0.2, 0) is 9.59 Å². The molecule has 2 saturated heterocycles. The second-order valence-corrected chi connectivity index (χ2v) is 6.73. The summed E-state index contributed by atoms with van der Waals surface area (Å²) >= 11 is 0. The number of carbonyl (C=O) groups excluding carboxylic acids is 2.